The van der Waals surface area contributed by atoms with Gasteiger partial charge in [-0.1, -0.05) is 12.2 Å². The van der Waals surface area contributed by atoms with E-state index in [-0.39, 0.29) is 47.2 Å². The van der Waals surface area contributed by atoms with Crippen LogP contribution < -0.4 is 10.2 Å². The Morgan fingerprint density at radius 3 is 2.00 bits per heavy atom. The summed E-state index contributed by atoms with van der Waals surface area (Å²) < 4.78 is 13.0. The first-order valence-corrected chi connectivity index (χ1v) is 10.3. The second kappa shape index (κ2) is 6.11. The number of imide groups is 1. The van der Waals surface area contributed by atoms with Crippen molar-refractivity contribution in [3.8, 4) is 0 Å². The lowest BCUT2D eigenvalue weighted by Gasteiger charge is -2.37. The standard InChI is InChI=1S/C24H19FN2O3/c25-13-3-5-14(6-4-13)26-22(28)12-1-7-15(8-2-12)27-23(29)20-16-9-10-17(19-11-18(16)19)21(20)24(27)30/h1-10,16-21H,11H2,(H,26,28)/t16-,17-,18-,19-,20+,21+/m0/s1. The van der Waals surface area contributed by atoms with Crippen molar-refractivity contribution in [1.82, 2.24) is 0 Å². The summed E-state index contributed by atoms with van der Waals surface area (Å²) in [6.07, 6.45) is 5.43. The Morgan fingerprint density at radius 1 is 0.867 bits per heavy atom. The van der Waals surface area contributed by atoms with Crippen LogP contribution in [0.2, 0.25) is 0 Å². The fourth-order valence-electron chi connectivity index (χ4n) is 5.71. The Labute approximate surface area is 172 Å². The van der Waals surface area contributed by atoms with Gasteiger partial charge in [-0.2, -0.15) is 0 Å². The summed E-state index contributed by atoms with van der Waals surface area (Å²) in [4.78, 5) is 40.1. The maximum Gasteiger partial charge on any atom is 0.255 e. The zero-order valence-corrected chi connectivity index (χ0v) is 16.0. The third kappa shape index (κ3) is 2.43. The SMILES string of the molecule is O=C(Nc1ccc(F)cc1)c1ccc(N2C(=O)[C@@H]3[C@H]4C=C[C@@H]([C@@H]5C[C@@H]45)[C@H]3C2=O)cc1. The number of anilines is 2. The van der Waals surface area contributed by atoms with Crippen LogP contribution in [0.1, 0.15) is 16.8 Å². The van der Waals surface area contributed by atoms with Gasteiger partial charge in [0.2, 0.25) is 11.8 Å². The van der Waals surface area contributed by atoms with Crippen LogP contribution in [-0.4, -0.2) is 17.7 Å². The second-order valence-electron chi connectivity index (χ2n) is 8.67. The number of hydrogen-bond acceptors (Lipinski definition) is 3. The van der Waals surface area contributed by atoms with E-state index in [1.54, 1.807) is 24.3 Å². The highest BCUT2D eigenvalue weighted by molar-refractivity contribution is 6.22. The molecule has 3 amide bonds. The van der Waals surface area contributed by atoms with Crippen molar-refractivity contribution in [2.45, 2.75) is 6.42 Å². The molecule has 2 aromatic rings. The predicted octanol–water partition coefficient (Wildman–Crippen LogP) is 3.64. The smallest absolute Gasteiger partial charge is 0.255 e. The maximum absolute atomic E-state index is 13.2. The summed E-state index contributed by atoms with van der Waals surface area (Å²) in [6.45, 7) is 0. The van der Waals surface area contributed by atoms with Gasteiger partial charge in [-0.25, -0.2) is 4.39 Å². The zero-order valence-electron chi connectivity index (χ0n) is 16.0. The Kier molecular flexibility index (Phi) is 3.58. The van der Waals surface area contributed by atoms with Crippen molar-refractivity contribution in [2.24, 2.45) is 35.5 Å². The minimum Gasteiger partial charge on any atom is -0.322 e. The van der Waals surface area contributed by atoms with Crippen LogP contribution in [0.3, 0.4) is 0 Å². The van der Waals surface area contributed by atoms with E-state index in [2.05, 4.69) is 17.5 Å². The van der Waals surface area contributed by atoms with Gasteiger partial charge in [0.05, 0.1) is 17.5 Å². The summed E-state index contributed by atoms with van der Waals surface area (Å²) in [5.41, 5.74) is 1.38. The Bertz CT molecular complexity index is 1070. The number of rotatable bonds is 3. The van der Waals surface area contributed by atoms with Gasteiger partial charge in [-0.15, -0.1) is 0 Å². The van der Waals surface area contributed by atoms with Crippen molar-refractivity contribution in [1.29, 1.82) is 0 Å². The van der Waals surface area contributed by atoms with E-state index in [0.717, 1.165) is 6.42 Å². The summed E-state index contributed by atoms with van der Waals surface area (Å²) >= 11 is 0. The molecule has 4 aliphatic carbocycles. The summed E-state index contributed by atoms with van der Waals surface area (Å²) in [5.74, 6) is 0.0826. The lowest BCUT2D eigenvalue weighted by atomic mass is 9.63. The van der Waals surface area contributed by atoms with Crippen LogP contribution in [0.15, 0.2) is 60.7 Å². The number of benzene rings is 2. The number of nitrogens with zero attached hydrogens (tertiary/aromatic N) is 1. The molecular formula is C24H19FN2O3. The minimum absolute atomic E-state index is 0.113. The molecule has 150 valence electrons. The Balaban J connectivity index is 1.23. The summed E-state index contributed by atoms with van der Waals surface area (Å²) in [6, 6.07) is 12.0. The molecule has 2 bridgehead atoms. The molecular weight excluding hydrogens is 383 g/mol. The highest BCUT2D eigenvalue weighted by Crippen LogP contribution is 2.65. The fraction of sp³-hybridized carbons (Fsp3) is 0.292. The molecule has 6 atom stereocenters. The first-order chi connectivity index (χ1) is 14.5. The lowest BCUT2D eigenvalue weighted by molar-refractivity contribution is -0.124. The number of hydrogen-bond donors (Lipinski definition) is 1. The van der Waals surface area contributed by atoms with Gasteiger partial charge in [-0.05, 0) is 78.6 Å². The van der Waals surface area contributed by atoms with Gasteiger partial charge in [0.25, 0.3) is 5.91 Å². The average molecular weight is 402 g/mol. The van der Waals surface area contributed by atoms with Crippen LogP contribution in [0, 0.1) is 41.3 Å². The highest BCUT2D eigenvalue weighted by atomic mass is 19.1. The number of nitrogens with one attached hydrogen (secondary N) is 1. The quantitative estimate of drug-likeness (QED) is 0.630. The van der Waals surface area contributed by atoms with Crippen LogP contribution >= 0.6 is 0 Å². The van der Waals surface area contributed by atoms with E-state index in [4.69, 9.17) is 0 Å². The van der Waals surface area contributed by atoms with Crippen LogP contribution in [0.5, 0.6) is 0 Å². The van der Waals surface area contributed by atoms with E-state index in [1.807, 2.05) is 0 Å². The lowest BCUT2D eigenvalue weighted by Crippen LogP contribution is -2.40. The molecule has 1 heterocycles. The van der Waals surface area contributed by atoms with Gasteiger partial charge < -0.3 is 5.32 Å². The van der Waals surface area contributed by atoms with Crippen LogP contribution in [-0.2, 0) is 9.59 Å². The van der Waals surface area contributed by atoms with Gasteiger partial charge in [0, 0.05) is 11.3 Å². The molecule has 1 N–H and O–H groups in total. The topological polar surface area (TPSA) is 66.5 Å². The van der Waals surface area contributed by atoms with E-state index >= 15 is 0 Å². The Morgan fingerprint density at radius 2 is 1.43 bits per heavy atom. The molecule has 0 unspecified atom stereocenters. The monoisotopic (exact) mass is 402 g/mol. The van der Waals surface area contributed by atoms with Crippen molar-refractivity contribution in [3.63, 3.8) is 0 Å². The number of carbonyl (C=O) groups excluding carboxylic acids is 3. The number of carbonyl (C=O) groups is 3. The summed E-state index contributed by atoms with van der Waals surface area (Å²) in [7, 11) is 0. The highest BCUT2D eigenvalue weighted by Gasteiger charge is 2.67. The largest absolute Gasteiger partial charge is 0.322 e. The van der Waals surface area contributed by atoms with Gasteiger partial charge in [0.1, 0.15) is 5.82 Å². The van der Waals surface area contributed by atoms with Gasteiger partial charge in [-0.3, -0.25) is 19.3 Å². The molecule has 0 radical (unpaired) electrons. The van der Waals surface area contributed by atoms with E-state index in [9.17, 15) is 18.8 Å². The third-order valence-electron chi connectivity index (χ3n) is 7.15. The van der Waals surface area contributed by atoms with Crippen molar-refractivity contribution in [3.05, 3.63) is 72.1 Å². The molecule has 1 saturated heterocycles. The molecule has 5 nitrogen and oxygen atoms in total. The van der Waals surface area contributed by atoms with Crippen molar-refractivity contribution >= 4 is 29.1 Å². The molecule has 6 heteroatoms. The van der Waals surface area contributed by atoms with Crippen LogP contribution in [0.25, 0.3) is 0 Å². The van der Waals surface area contributed by atoms with E-state index < -0.39 is 0 Å². The van der Waals surface area contributed by atoms with Crippen molar-refractivity contribution in [2.75, 3.05) is 10.2 Å². The number of allylic oxidation sites excluding steroid dienone is 2. The first kappa shape index (κ1) is 17.6. The molecule has 2 aromatic carbocycles. The number of amides is 3. The molecule has 3 fully saturated rings. The molecule has 7 rings (SSSR count). The van der Waals surface area contributed by atoms with Gasteiger partial charge >= 0.3 is 0 Å². The minimum atomic E-state index is -0.376. The number of halogens is 1. The maximum atomic E-state index is 13.2. The van der Waals surface area contributed by atoms with Crippen LogP contribution in [0.4, 0.5) is 15.8 Å². The first-order valence-electron chi connectivity index (χ1n) is 10.3. The molecule has 0 aromatic heterocycles. The molecule has 30 heavy (non-hydrogen) atoms. The van der Waals surface area contributed by atoms with E-state index in [0.29, 0.717) is 28.8 Å². The van der Waals surface area contributed by atoms with Crippen molar-refractivity contribution < 1.29 is 18.8 Å². The average Bonchev–Trinajstić information content (AvgIpc) is 3.53. The molecule has 2 saturated carbocycles. The normalized spacial score (nSPS) is 32.8. The predicted molar refractivity (Wildman–Crippen MR) is 108 cm³/mol. The molecule has 0 spiro atoms. The Hall–Kier alpha value is -3.28. The second-order valence-corrected chi connectivity index (χ2v) is 8.67. The van der Waals surface area contributed by atoms with E-state index in [1.165, 1.54) is 29.2 Å². The van der Waals surface area contributed by atoms with Gasteiger partial charge in [0.15, 0.2) is 0 Å². The molecule has 5 aliphatic rings. The zero-order chi connectivity index (χ0) is 20.6. The summed E-state index contributed by atoms with van der Waals surface area (Å²) in [5, 5.41) is 2.70. The fourth-order valence-corrected chi connectivity index (χ4v) is 5.71. The third-order valence-corrected chi connectivity index (χ3v) is 7.15. The molecule has 1 aliphatic heterocycles.